The van der Waals surface area contributed by atoms with E-state index in [0.717, 1.165) is 0 Å². The van der Waals surface area contributed by atoms with Crippen molar-refractivity contribution in [1.29, 1.82) is 0 Å². The van der Waals surface area contributed by atoms with Crippen LogP contribution in [0.15, 0.2) is 36.0 Å². The van der Waals surface area contributed by atoms with E-state index in [1.165, 1.54) is 27.2 Å². The summed E-state index contributed by atoms with van der Waals surface area (Å²) in [6.45, 7) is 0. The maximum atomic E-state index is 12.6. The molecule has 10 heteroatoms. The highest BCUT2D eigenvalue weighted by molar-refractivity contribution is 7.12. The van der Waals surface area contributed by atoms with Crippen molar-refractivity contribution in [2.75, 3.05) is 19.4 Å². The van der Waals surface area contributed by atoms with Gasteiger partial charge in [0, 0.05) is 19.8 Å². The van der Waals surface area contributed by atoms with Crippen LogP contribution in [0.4, 0.5) is 5.69 Å². The largest absolute Gasteiger partial charge is 0.345 e. The van der Waals surface area contributed by atoms with Gasteiger partial charge in [0.15, 0.2) is 0 Å². The molecule has 0 atom stereocenters. The molecule has 2 amide bonds. The number of hydrogen-bond donors (Lipinski definition) is 1. The maximum Gasteiger partial charge on any atom is 0.267 e. The van der Waals surface area contributed by atoms with Crippen molar-refractivity contribution in [3.8, 4) is 5.69 Å². The van der Waals surface area contributed by atoms with E-state index in [-0.39, 0.29) is 11.8 Å². The number of hydrogen-bond acceptors (Lipinski definition) is 6. The molecule has 3 rings (SSSR count). The van der Waals surface area contributed by atoms with E-state index in [0.29, 0.717) is 26.8 Å². The lowest BCUT2D eigenvalue weighted by atomic mass is 10.1. The number of thiophene rings is 1. The van der Waals surface area contributed by atoms with Crippen LogP contribution in [0.25, 0.3) is 5.69 Å². The zero-order valence-electron chi connectivity index (χ0n) is 13.3. The Morgan fingerprint density at radius 2 is 2.08 bits per heavy atom. The van der Waals surface area contributed by atoms with Gasteiger partial charge in [-0.05, 0) is 40.1 Å². The van der Waals surface area contributed by atoms with Gasteiger partial charge in [0.1, 0.15) is 11.2 Å². The highest BCUT2D eigenvalue weighted by Gasteiger charge is 2.18. The molecule has 0 saturated carbocycles. The van der Waals surface area contributed by atoms with Crippen LogP contribution >= 0.6 is 22.9 Å². The maximum absolute atomic E-state index is 12.6. The first kappa shape index (κ1) is 17.1. The van der Waals surface area contributed by atoms with Crippen LogP contribution in [0.5, 0.6) is 0 Å². The molecule has 0 aliphatic heterocycles. The molecule has 25 heavy (non-hydrogen) atoms. The third-order valence-corrected chi connectivity index (χ3v) is 4.54. The Morgan fingerprint density at radius 1 is 1.28 bits per heavy atom. The van der Waals surface area contributed by atoms with Crippen LogP contribution in [0.2, 0.25) is 5.02 Å². The van der Waals surface area contributed by atoms with Crippen molar-refractivity contribution < 1.29 is 9.59 Å². The molecular formula is C15H13ClN6O2S. The molecule has 0 bridgehead atoms. The standard InChI is InChI=1S/C15H13ClN6O2S/c1-21(2)15(24)10-7-9(3-4-11(10)16)18-14(23)13-12(5-6-25-13)22-8-17-19-20-22/h3-8H,1-2H3,(H,18,23). The Morgan fingerprint density at radius 3 is 2.76 bits per heavy atom. The molecular weight excluding hydrogens is 364 g/mol. The minimum atomic E-state index is -0.328. The first-order valence-corrected chi connectivity index (χ1v) is 8.36. The number of amides is 2. The lowest BCUT2D eigenvalue weighted by Gasteiger charge is -2.13. The first-order valence-electron chi connectivity index (χ1n) is 7.11. The number of anilines is 1. The summed E-state index contributed by atoms with van der Waals surface area (Å²) in [6.07, 6.45) is 1.41. The third kappa shape index (κ3) is 3.52. The van der Waals surface area contributed by atoms with Crippen LogP contribution < -0.4 is 5.32 Å². The van der Waals surface area contributed by atoms with Crippen molar-refractivity contribution in [2.24, 2.45) is 0 Å². The molecule has 8 nitrogen and oxygen atoms in total. The molecule has 3 aromatic rings. The quantitative estimate of drug-likeness (QED) is 0.754. The number of halogens is 1. The summed E-state index contributed by atoms with van der Waals surface area (Å²) in [5.41, 5.74) is 1.36. The van der Waals surface area contributed by atoms with Gasteiger partial charge >= 0.3 is 0 Å². The smallest absolute Gasteiger partial charge is 0.267 e. The molecule has 1 N–H and O–H groups in total. The molecule has 2 aromatic heterocycles. The second-order valence-corrected chi connectivity index (χ2v) is 6.56. The van der Waals surface area contributed by atoms with E-state index >= 15 is 0 Å². The van der Waals surface area contributed by atoms with Crippen LogP contribution in [0, 0.1) is 0 Å². The van der Waals surface area contributed by atoms with Crippen LogP contribution in [-0.2, 0) is 0 Å². The molecule has 0 radical (unpaired) electrons. The number of carbonyl (C=O) groups excluding carboxylic acids is 2. The Bertz CT molecular complexity index is 922. The Hall–Kier alpha value is -2.78. The fourth-order valence-corrected chi connectivity index (χ4v) is 3.09. The van der Waals surface area contributed by atoms with Crippen molar-refractivity contribution in [1.82, 2.24) is 25.1 Å². The van der Waals surface area contributed by atoms with Gasteiger partial charge < -0.3 is 10.2 Å². The molecule has 0 fully saturated rings. The molecule has 2 heterocycles. The molecule has 0 saturated heterocycles. The molecule has 128 valence electrons. The third-order valence-electron chi connectivity index (χ3n) is 3.31. The van der Waals surface area contributed by atoms with E-state index in [4.69, 9.17) is 11.6 Å². The number of tetrazole rings is 1. The number of nitrogens with zero attached hydrogens (tertiary/aromatic N) is 5. The van der Waals surface area contributed by atoms with Crippen molar-refractivity contribution in [3.05, 3.63) is 51.4 Å². The normalized spacial score (nSPS) is 10.5. The van der Waals surface area contributed by atoms with E-state index < -0.39 is 0 Å². The molecule has 1 aromatic carbocycles. The molecule has 0 aliphatic rings. The average molecular weight is 377 g/mol. The minimum absolute atomic E-state index is 0.244. The van der Waals surface area contributed by atoms with Gasteiger partial charge in [-0.2, -0.15) is 4.68 Å². The molecule has 0 spiro atoms. The second-order valence-electron chi connectivity index (χ2n) is 5.24. The predicted octanol–water partition coefficient (Wildman–Crippen LogP) is 2.33. The Balaban J connectivity index is 1.86. The topological polar surface area (TPSA) is 93.0 Å². The minimum Gasteiger partial charge on any atom is -0.345 e. The van der Waals surface area contributed by atoms with Crippen molar-refractivity contribution in [3.63, 3.8) is 0 Å². The van der Waals surface area contributed by atoms with Gasteiger partial charge in [-0.1, -0.05) is 11.6 Å². The summed E-state index contributed by atoms with van der Waals surface area (Å²) >= 11 is 7.34. The van der Waals surface area contributed by atoms with Gasteiger partial charge in [-0.15, -0.1) is 16.4 Å². The molecule has 0 unspecified atom stereocenters. The Labute approximate surface area is 152 Å². The number of benzene rings is 1. The van der Waals surface area contributed by atoms with Crippen LogP contribution in [0.3, 0.4) is 0 Å². The fourth-order valence-electron chi connectivity index (χ4n) is 2.12. The van der Waals surface area contributed by atoms with Crippen molar-refractivity contribution in [2.45, 2.75) is 0 Å². The number of rotatable bonds is 4. The lowest BCUT2D eigenvalue weighted by molar-refractivity contribution is 0.0827. The van der Waals surface area contributed by atoms with Gasteiger partial charge in [-0.25, -0.2) is 0 Å². The summed E-state index contributed by atoms with van der Waals surface area (Å²) < 4.78 is 1.41. The zero-order chi connectivity index (χ0) is 18.0. The number of carbonyl (C=O) groups is 2. The second kappa shape index (κ2) is 6.99. The highest BCUT2D eigenvalue weighted by atomic mass is 35.5. The van der Waals surface area contributed by atoms with E-state index in [2.05, 4.69) is 20.8 Å². The summed E-state index contributed by atoms with van der Waals surface area (Å²) in [5, 5.41) is 15.8. The Kier molecular flexibility index (Phi) is 4.77. The number of aromatic nitrogens is 4. The fraction of sp³-hybridized carbons (Fsp3) is 0.133. The van der Waals surface area contributed by atoms with Gasteiger partial charge in [-0.3, -0.25) is 9.59 Å². The summed E-state index contributed by atoms with van der Waals surface area (Å²) in [6, 6.07) is 6.51. The monoisotopic (exact) mass is 376 g/mol. The SMILES string of the molecule is CN(C)C(=O)c1cc(NC(=O)c2sccc2-n2cnnn2)ccc1Cl. The first-order chi connectivity index (χ1) is 12.0. The van der Waals surface area contributed by atoms with E-state index in [1.54, 1.807) is 43.7 Å². The van der Waals surface area contributed by atoms with Crippen LogP contribution in [-0.4, -0.2) is 51.0 Å². The van der Waals surface area contributed by atoms with Gasteiger partial charge in [0.05, 0.1) is 16.3 Å². The summed E-state index contributed by atoms with van der Waals surface area (Å²) in [4.78, 5) is 26.6. The summed E-state index contributed by atoms with van der Waals surface area (Å²) in [5.74, 6) is -0.572. The van der Waals surface area contributed by atoms with Gasteiger partial charge in [0.25, 0.3) is 11.8 Å². The predicted molar refractivity (Wildman–Crippen MR) is 94.5 cm³/mol. The highest BCUT2D eigenvalue weighted by Crippen LogP contribution is 2.24. The lowest BCUT2D eigenvalue weighted by Crippen LogP contribution is -2.22. The molecule has 0 aliphatic carbocycles. The zero-order valence-corrected chi connectivity index (χ0v) is 14.9. The van der Waals surface area contributed by atoms with Gasteiger partial charge in [0.2, 0.25) is 0 Å². The summed E-state index contributed by atoms with van der Waals surface area (Å²) in [7, 11) is 3.27. The van der Waals surface area contributed by atoms with E-state index in [9.17, 15) is 9.59 Å². The number of nitrogens with one attached hydrogen (secondary N) is 1. The van der Waals surface area contributed by atoms with E-state index in [1.807, 2.05) is 0 Å². The van der Waals surface area contributed by atoms with Crippen LogP contribution in [0.1, 0.15) is 20.0 Å². The van der Waals surface area contributed by atoms with Crippen molar-refractivity contribution >= 4 is 40.4 Å². The average Bonchev–Trinajstić information content (AvgIpc) is 3.26.